The summed E-state index contributed by atoms with van der Waals surface area (Å²) in [5.74, 6) is -0.999. The lowest BCUT2D eigenvalue weighted by atomic mass is 10.2. The smallest absolute Gasteiger partial charge is 0.323 e. The first kappa shape index (κ1) is 15.1. The van der Waals surface area contributed by atoms with Crippen molar-refractivity contribution in [3.05, 3.63) is 0 Å². The maximum absolute atomic E-state index is 11.6. The standard InChI is InChI=1S/C10H20N2O3S/c1-5-12(6-8(13)14)9(15)11-7-10(2,3)16-4/h5-7H2,1-4H3,(H,11,15)(H,13,14). The number of hydrogen-bond acceptors (Lipinski definition) is 3. The molecular formula is C10H20N2O3S. The van der Waals surface area contributed by atoms with Gasteiger partial charge in [0.05, 0.1) is 0 Å². The summed E-state index contributed by atoms with van der Waals surface area (Å²) in [6.07, 6.45) is 1.97. The number of aliphatic carboxylic acids is 1. The van der Waals surface area contributed by atoms with Crippen LogP contribution in [0.15, 0.2) is 0 Å². The molecule has 0 spiro atoms. The van der Waals surface area contributed by atoms with Crippen molar-refractivity contribution in [3.8, 4) is 0 Å². The van der Waals surface area contributed by atoms with Crippen LogP contribution in [0.5, 0.6) is 0 Å². The molecule has 5 nitrogen and oxygen atoms in total. The Morgan fingerprint density at radius 2 is 2.00 bits per heavy atom. The molecule has 0 aliphatic heterocycles. The van der Waals surface area contributed by atoms with E-state index < -0.39 is 5.97 Å². The van der Waals surface area contributed by atoms with E-state index in [1.807, 2.05) is 20.1 Å². The van der Waals surface area contributed by atoms with Gasteiger partial charge >= 0.3 is 12.0 Å². The Morgan fingerprint density at radius 1 is 1.44 bits per heavy atom. The third kappa shape index (κ3) is 5.85. The summed E-state index contributed by atoms with van der Waals surface area (Å²) in [5.41, 5.74) is 0. The Morgan fingerprint density at radius 3 is 2.38 bits per heavy atom. The van der Waals surface area contributed by atoms with Crippen molar-refractivity contribution in [2.75, 3.05) is 25.9 Å². The van der Waals surface area contributed by atoms with Gasteiger partial charge in [-0.1, -0.05) is 0 Å². The Kier molecular flexibility index (Phi) is 6.25. The third-order valence-electron chi connectivity index (χ3n) is 2.21. The van der Waals surface area contributed by atoms with E-state index in [2.05, 4.69) is 5.32 Å². The molecule has 6 heteroatoms. The van der Waals surface area contributed by atoms with Crippen LogP contribution < -0.4 is 5.32 Å². The second-order valence-electron chi connectivity index (χ2n) is 4.03. The molecular weight excluding hydrogens is 228 g/mol. The maximum atomic E-state index is 11.6. The molecule has 0 fully saturated rings. The number of carboxylic acids is 1. The van der Waals surface area contributed by atoms with Crippen LogP contribution in [0.1, 0.15) is 20.8 Å². The van der Waals surface area contributed by atoms with E-state index >= 15 is 0 Å². The molecule has 0 atom stereocenters. The molecule has 0 aliphatic rings. The number of carbonyl (C=O) groups excluding carboxylic acids is 1. The zero-order valence-electron chi connectivity index (χ0n) is 10.2. The second kappa shape index (κ2) is 6.62. The first-order valence-corrected chi connectivity index (χ1v) is 6.34. The molecule has 0 aromatic carbocycles. The number of amides is 2. The Hall–Kier alpha value is -0.910. The van der Waals surface area contributed by atoms with Gasteiger partial charge in [-0.3, -0.25) is 4.79 Å². The maximum Gasteiger partial charge on any atom is 0.323 e. The van der Waals surface area contributed by atoms with Crippen molar-refractivity contribution in [2.45, 2.75) is 25.5 Å². The molecule has 0 heterocycles. The molecule has 0 aliphatic carbocycles. The average molecular weight is 248 g/mol. The Labute approximate surface area is 101 Å². The molecule has 2 amide bonds. The quantitative estimate of drug-likeness (QED) is 0.742. The number of likely N-dealkylation sites (N-methyl/N-ethyl adjacent to an activating group) is 1. The van der Waals surface area contributed by atoms with Crippen molar-refractivity contribution in [1.82, 2.24) is 10.2 Å². The van der Waals surface area contributed by atoms with Crippen LogP contribution in [-0.2, 0) is 4.79 Å². The van der Waals surface area contributed by atoms with Crippen LogP contribution in [0, 0.1) is 0 Å². The minimum Gasteiger partial charge on any atom is -0.480 e. The minimum absolute atomic E-state index is 0.0434. The molecule has 0 unspecified atom stereocenters. The Balaban J connectivity index is 4.17. The summed E-state index contributed by atoms with van der Waals surface area (Å²) in [7, 11) is 0. The van der Waals surface area contributed by atoms with Gasteiger partial charge < -0.3 is 15.3 Å². The van der Waals surface area contributed by atoms with Gasteiger partial charge in [0.2, 0.25) is 0 Å². The molecule has 94 valence electrons. The van der Waals surface area contributed by atoms with Gasteiger partial charge in [-0.05, 0) is 27.0 Å². The van der Waals surface area contributed by atoms with Crippen molar-refractivity contribution < 1.29 is 14.7 Å². The van der Waals surface area contributed by atoms with Gasteiger partial charge in [0, 0.05) is 17.8 Å². The summed E-state index contributed by atoms with van der Waals surface area (Å²) in [5, 5.41) is 11.3. The van der Waals surface area contributed by atoms with Crippen molar-refractivity contribution in [3.63, 3.8) is 0 Å². The van der Waals surface area contributed by atoms with E-state index in [9.17, 15) is 9.59 Å². The highest BCUT2D eigenvalue weighted by Crippen LogP contribution is 2.19. The molecule has 0 saturated carbocycles. The molecule has 0 aromatic rings. The van der Waals surface area contributed by atoms with Crippen molar-refractivity contribution >= 4 is 23.8 Å². The number of carboxylic acid groups (broad SMARTS) is 1. The van der Waals surface area contributed by atoms with Gasteiger partial charge in [0.15, 0.2) is 0 Å². The van der Waals surface area contributed by atoms with Gasteiger partial charge in [-0.15, -0.1) is 0 Å². The van der Waals surface area contributed by atoms with Crippen LogP contribution in [-0.4, -0.2) is 52.6 Å². The van der Waals surface area contributed by atoms with E-state index in [1.54, 1.807) is 18.7 Å². The number of hydrogen-bond donors (Lipinski definition) is 2. The SMILES string of the molecule is CCN(CC(=O)O)C(=O)NCC(C)(C)SC. The molecule has 0 saturated heterocycles. The van der Waals surface area contributed by atoms with Crippen LogP contribution in [0.2, 0.25) is 0 Å². The van der Waals surface area contributed by atoms with Gasteiger partial charge in [0.1, 0.15) is 6.54 Å². The minimum atomic E-state index is -0.999. The first-order valence-electron chi connectivity index (χ1n) is 5.12. The third-order valence-corrected chi connectivity index (χ3v) is 3.46. The second-order valence-corrected chi connectivity index (χ2v) is 5.54. The summed E-state index contributed by atoms with van der Waals surface area (Å²) in [6, 6.07) is -0.327. The molecule has 0 radical (unpaired) electrons. The van der Waals surface area contributed by atoms with Crippen LogP contribution >= 0.6 is 11.8 Å². The fourth-order valence-corrected chi connectivity index (χ4v) is 1.18. The fraction of sp³-hybridized carbons (Fsp3) is 0.800. The summed E-state index contributed by atoms with van der Waals surface area (Å²) in [4.78, 5) is 23.4. The number of urea groups is 1. The highest BCUT2D eigenvalue weighted by Gasteiger charge is 2.20. The van der Waals surface area contributed by atoms with Crippen LogP contribution in [0.3, 0.4) is 0 Å². The number of rotatable bonds is 6. The highest BCUT2D eigenvalue weighted by molar-refractivity contribution is 7.99. The normalized spacial score (nSPS) is 11.0. The molecule has 0 rings (SSSR count). The molecule has 2 N–H and O–H groups in total. The number of nitrogens with one attached hydrogen (secondary N) is 1. The van der Waals surface area contributed by atoms with E-state index in [4.69, 9.17) is 5.11 Å². The lowest BCUT2D eigenvalue weighted by Crippen LogP contribution is -2.46. The predicted octanol–water partition coefficient (Wildman–Crippen LogP) is 1.24. The van der Waals surface area contributed by atoms with Crippen LogP contribution in [0.25, 0.3) is 0 Å². The zero-order chi connectivity index (χ0) is 12.8. The topological polar surface area (TPSA) is 69.6 Å². The number of thioether (sulfide) groups is 1. The van der Waals surface area contributed by atoms with Gasteiger partial charge in [-0.25, -0.2) is 4.79 Å². The van der Waals surface area contributed by atoms with E-state index in [0.717, 1.165) is 0 Å². The van der Waals surface area contributed by atoms with E-state index in [1.165, 1.54) is 4.90 Å². The van der Waals surface area contributed by atoms with Gasteiger partial charge in [-0.2, -0.15) is 11.8 Å². The lowest BCUT2D eigenvalue weighted by molar-refractivity contribution is -0.137. The lowest BCUT2D eigenvalue weighted by Gasteiger charge is -2.25. The predicted molar refractivity (Wildman–Crippen MR) is 65.9 cm³/mol. The van der Waals surface area contributed by atoms with E-state index in [-0.39, 0.29) is 17.3 Å². The average Bonchev–Trinajstić information content (AvgIpc) is 2.22. The molecule has 0 aromatic heterocycles. The van der Waals surface area contributed by atoms with E-state index in [0.29, 0.717) is 13.1 Å². The summed E-state index contributed by atoms with van der Waals surface area (Å²) >= 11 is 1.65. The zero-order valence-corrected chi connectivity index (χ0v) is 11.1. The fourth-order valence-electron chi connectivity index (χ4n) is 0.963. The summed E-state index contributed by atoms with van der Waals surface area (Å²) < 4.78 is -0.0434. The highest BCUT2D eigenvalue weighted by atomic mass is 32.2. The van der Waals surface area contributed by atoms with Crippen LogP contribution in [0.4, 0.5) is 4.79 Å². The monoisotopic (exact) mass is 248 g/mol. The van der Waals surface area contributed by atoms with Crippen molar-refractivity contribution in [2.24, 2.45) is 0 Å². The summed E-state index contributed by atoms with van der Waals surface area (Å²) in [6.45, 7) is 6.43. The Bertz CT molecular complexity index is 256. The number of nitrogens with zero attached hydrogens (tertiary/aromatic N) is 1. The number of carbonyl (C=O) groups is 2. The molecule has 16 heavy (non-hydrogen) atoms. The van der Waals surface area contributed by atoms with Gasteiger partial charge in [0.25, 0.3) is 0 Å². The molecule has 0 bridgehead atoms. The van der Waals surface area contributed by atoms with Crippen molar-refractivity contribution in [1.29, 1.82) is 0 Å². The largest absolute Gasteiger partial charge is 0.480 e. The first-order chi connectivity index (χ1) is 7.32.